The molecule has 2 aromatic carbocycles. The van der Waals surface area contributed by atoms with E-state index in [1.807, 2.05) is 73.8 Å². The van der Waals surface area contributed by atoms with E-state index in [0.717, 1.165) is 76.9 Å². The van der Waals surface area contributed by atoms with Gasteiger partial charge in [0, 0.05) is 48.1 Å². The van der Waals surface area contributed by atoms with Gasteiger partial charge in [0.2, 0.25) is 5.91 Å². The van der Waals surface area contributed by atoms with Crippen LogP contribution in [0.1, 0.15) is 29.7 Å². The molecule has 1 aliphatic heterocycles. The number of rotatable bonds is 5. The molecule has 1 fully saturated rings. The van der Waals surface area contributed by atoms with Gasteiger partial charge >= 0.3 is 0 Å². The Morgan fingerprint density at radius 3 is 2.34 bits per heavy atom. The molecule has 180 valence electrons. The van der Waals surface area contributed by atoms with Crippen molar-refractivity contribution >= 4 is 23.1 Å². The van der Waals surface area contributed by atoms with Crippen LogP contribution < -0.4 is 15.0 Å². The van der Waals surface area contributed by atoms with Crippen LogP contribution in [0.25, 0.3) is 16.9 Å². The van der Waals surface area contributed by atoms with Gasteiger partial charge in [0.1, 0.15) is 11.6 Å². The molecule has 7 heteroatoms. The number of para-hydroxylation sites is 1. The summed E-state index contributed by atoms with van der Waals surface area (Å²) in [6.45, 7) is 7.66. The van der Waals surface area contributed by atoms with Crippen LogP contribution in [0.3, 0.4) is 0 Å². The van der Waals surface area contributed by atoms with Gasteiger partial charge in [-0.2, -0.15) is 9.61 Å². The molecule has 0 spiro atoms. The van der Waals surface area contributed by atoms with Gasteiger partial charge in [0.15, 0.2) is 5.65 Å². The van der Waals surface area contributed by atoms with Crippen molar-refractivity contribution < 1.29 is 9.53 Å². The van der Waals surface area contributed by atoms with E-state index < -0.39 is 0 Å². The molecule has 35 heavy (non-hydrogen) atoms. The van der Waals surface area contributed by atoms with E-state index in [0.29, 0.717) is 0 Å². The summed E-state index contributed by atoms with van der Waals surface area (Å²) in [5, 5.41) is 8.05. The van der Waals surface area contributed by atoms with Crippen molar-refractivity contribution in [3.63, 3.8) is 0 Å². The number of fused-ring (bicyclic) bond motifs is 1. The molecule has 0 saturated carbocycles. The Balaban J connectivity index is 1.34. The number of benzene rings is 2. The number of aryl methyl sites for hydroxylation is 3. The highest BCUT2D eigenvalue weighted by Gasteiger charge is 2.27. The van der Waals surface area contributed by atoms with Crippen molar-refractivity contribution in [3.05, 3.63) is 71.4 Å². The largest absolute Gasteiger partial charge is 0.497 e. The van der Waals surface area contributed by atoms with E-state index in [4.69, 9.17) is 14.8 Å². The highest BCUT2D eigenvalue weighted by Crippen LogP contribution is 2.29. The van der Waals surface area contributed by atoms with Crippen molar-refractivity contribution in [2.75, 3.05) is 30.4 Å². The number of carbonyl (C=O) groups is 1. The number of nitrogens with zero attached hydrogens (tertiary/aromatic N) is 4. The van der Waals surface area contributed by atoms with E-state index in [1.165, 1.54) is 0 Å². The van der Waals surface area contributed by atoms with Crippen LogP contribution in [0.15, 0.2) is 54.6 Å². The van der Waals surface area contributed by atoms with Crippen LogP contribution in [-0.4, -0.2) is 40.7 Å². The molecule has 3 heterocycles. The normalized spacial score (nSPS) is 14.3. The molecule has 1 N–H and O–H groups in total. The summed E-state index contributed by atoms with van der Waals surface area (Å²) in [4.78, 5) is 20.0. The van der Waals surface area contributed by atoms with Crippen LogP contribution in [0.2, 0.25) is 0 Å². The fraction of sp³-hybridized carbons (Fsp3) is 0.321. The molecule has 2 aromatic heterocycles. The number of amides is 1. The molecule has 1 saturated heterocycles. The molecule has 1 amide bonds. The highest BCUT2D eigenvalue weighted by atomic mass is 16.5. The fourth-order valence-corrected chi connectivity index (χ4v) is 4.82. The van der Waals surface area contributed by atoms with Gasteiger partial charge in [-0.05, 0) is 69.0 Å². The molecule has 0 atom stereocenters. The first-order valence-electron chi connectivity index (χ1n) is 12.1. The van der Waals surface area contributed by atoms with Gasteiger partial charge in [-0.25, -0.2) is 4.98 Å². The predicted molar refractivity (Wildman–Crippen MR) is 139 cm³/mol. The second kappa shape index (κ2) is 9.41. The van der Waals surface area contributed by atoms with Crippen molar-refractivity contribution in [1.82, 2.24) is 14.6 Å². The molecule has 0 radical (unpaired) electrons. The van der Waals surface area contributed by atoms with Gasteiger partial charge in [-0.3, -0.25) is 4.79 Å². The number of ether oxygens (including phenoxy) is 1. The zero-order valence-corrected chi connectivity index (χ0v) is 20.7. The molecule has 5 rings (SSSR count). The van der Waals surface area contributed by atoms with Crippen molar-refractivity contribution in [2.24, 2.45) is 5.92 Å². The number of aromatic nitrogens is 3. The summed E-state index contributed by atoms with van der Waals surface area (Å²) in [5.74, 6) is 1.94. The van der Waals surface area contributed by atoms with Crippen LogP contribution in [-0.2, 0) is 4.79 Å². The van der Waals surface area contributed by atoms with Crippen LogP contribution in [0.4, 0.5) is 11.5 Å². The molecule has 0 unspecified atom stereocenters. The Bertz CT molecular complexity index is 1350. The van der Waals surface area contributed by atoms with Crippen LogP contribution in [0.5, 0.6) is 5.75 Å². The minimum Gasteiger partial charge on any atom is -0.497 e. The summed E-state index contributed by atoms with van der Waals surface area (Å²) in [6, 6.07) is 18.1. The fourth-order valence-electron chi connectivity index (χ4n) is 4.82. The minimum atomic E-state index is -0.00355. The van der Waals surface area contributed by atoms with Crippen molar-refractivity contribution in [1.29, 1.82) is 0 Å². The van der Waals surface area contributed by atoms with Crippen LogP contribution >= 0.6 is 0 Å². The summed E-state index contributed by atoms with van der Waals surface area (Å²) in [7, 11) is 1.66. The Morgan fingerprint density at radius 1 is 1.00 bits per heavy atom. The zero-order chi connectivity index (χ0) is 24.5. The van der Waals surface area contributed by atoms with Gasteiger partial charge in [0.25, 0.3) is 0 Å². The molecule has 4 aromatic rings. The Morgan fingerprint density at radius 2 is 1.69 bits per heavy atom. The first kappa shape index (κ1) is 22.9. The zero-order valence-electron chi connectivity index (χ0n) is 20.7. The van der Waals surface area contributed by atoms with E-state index in [9.17, 15) is 4.79 Å². The summed E-state index contributed by atoms with van der Waals surface area (Å²) in [6.07, 6.45) is 1.60. The third kappa shape index (κ3) is 4.58. The van der Waals surface area contributed by atoms with Gasteiger partial charge in [-0.1, -0.05) is 18.2 Å². The second-order valence-corrected chi connectivity index (χ2v) is 9.30. The maximum atomic E-state index is 13.0. The number of hydrogen-bond donors (Lipinski definition) is 1. The molecule has 7 nitrogen and oxygen atoms in total. The first-order chi connectivity index (χ1) is 16.9. The summed E-state index contributed by atoms with van der Waals surface area (Å²) >= 11 is 0. The van der Waals surface area contributed by atoms with Crippen molar-refractivity contribution in [3.8, 4) is 17.0 Å². The number of methoxy groups -OCH3 is 1. The predicted octanol–water partition coefficient (Wildman–Crippen LogP) is 5.19. The maximum Gasteiger partial charge on any atom is 0.227 e. The molecule has 1 aliphatic rings. The van der Waals surface area contributed by atoms with E-state index in [2.05, 4.69) is 16.3 Å². The molecular weight excluding hydrogens is 438 g/mol. The molecule has 0 bridgehead atoms. The number of carbonyl (C=O) groups excluding carboxylic acids is 1. The average molecular weight is 470 g/mol. The average Bonchev–Trinajstić information content (AvgIpc) is 3.30. The lowest BCUT2D eigenvalue weighted by atomic mass is 9.95. The maximum absolute atomic E-state index is 13.0. The van der Waals surface area contributed by atoms with E-state index >= 15 is 0 Å². The first-order valence-corrected chi connectivity index (χ1v) is 12.1. The third-order valence-electron chi connectivity index (χ3n) is 6.84. The molecular formula is C28H31N5O2. The smallest absolute Gasteiger partial charge is 0.227 e. The molecule has 0 aliphatic carbocycles. The van der Waals surface area contributed by atoms with Gasteiger partial charge < -0.3 is 15.0 Å². The van der Waals surface area contributed by atoms with Crippen molar-refractivity contribution in [2.45, 2.75) is 33.6 Å². The summed E-state index contributed by atoms with van der Waals surface area (Å²) < 4.78 is 7.20. The highest BCUT2D eigenvalue weighted by molar-refractivity contribution is 5.94. The SMILES string of the molecule is COc1ccc(-c2cc3nc(C)cc(N4CCC(C(=O)Nc5c(C)cccc5C)CC4)n3n2)cc1. The Hall–Kier alpha value is -3.87. The monoisotopic (exact) mass is 469 g/mol. The minimum absolute atomic E-state index is 0.00355. The lowest BCUT2D eigenvalue weighted by Crippen LogP contribution is -2.39. The van der Waals surface area contributed by atoms with E-state index in [1.54, 1.807) is 7.11 Å². The topological polar surface area (TPSA) is 71.8 Å². The van der Waals surface area contributed by atoms with Crippen LogP contribution in [0, 0.1) is 26.7 Å². The van der Waals surface area contributed by atoms with Gasteiger partial charge in [0.05, 0.1) is 12.8 Å². The second-order valence-electron chi connectivity index (χ2n) is 9.30. The standard InChI is InChI=1S/C28H31N5O2/c1-18-6-5-7-19(2)27(18)30-28(34)22-12-14-32(15-13-22)26-16-20(3)29-25-17-24(31-33(25)26)21-8-10-23(35-4)11-9-21/h5-11,16-17,22H,12-15H2,1-4H3,(H,30,34). The lowest BCUT2D eigenvalue weighted by molar-refractivity contribution is -0.120. The number of nitrogens with one attached hydrogen (secondary N) is 1. The quantitative estimate of drug-likeness (QED) is 0.436. The third-order valence-corrected chi connectivity index (χ3v) is 6.84. The summed E-state index contributed by atoms with van der Waals surface area (Å²) in [5.41, 5.74) is 6.78. The van der Waals surface area contributed by atoms with Gasteiger partial charge in [-0.15, -0.1) is 0 Å². The number of anilines is 2. The Kier molecular flexibility index (Phi) is 6.16. The number of piperidine rings is 1. The number of hydrogen-bond acceptors (Lipinski definition) is 5. The lowest BCUT2D eigenvalue weighted by Gasteiger charge is -2.33. The van der Waals surface area contributed by atoms with E-state index in [-0.39, 0.29) is 11.8 Å². The Labute approximate surface area is 205 Å².